The van der Waals surface area contributed by atoms with Gasteiger partial charge in [0.2, 0.25) is 5.95 Å². The molecule has 0 aliphatic rings. The van der Waals surface area contributed by atoms with E-state index in [1.165, 1.54) is 16.6 Å². The summed E-state index contributed by atoms with van der Waals surface area (Å²) in [6, 6.07) is 5.98. The maximum Gasteiger partial charge on any atom is 0.222 e. The standard InChI is InChI=1S/C12H9BrN4S2/c1-6-4-8-10(18-6)16-12(14)17-11(8)19-9-3-2-7(13)5-15-9/h2-5H,1H3,(H2,14,16,17). The molecule has 0 aliphatic heterocycles. The summed E-state index contributed by atoms with van der Waals surface area (Å²) in [5.41, 5.74) is 5.75. The van der Waals surface area contributed by atoms with Crippen molar-refractivity contribution >= 4 is 55.2 Å². The zero-order valence-corrected chi connectivity index (χ0v) is 13.1. The van der Waals surface area contributed by atoms with Crippen LogP contribution in [0.1, 0.15) is 4.88 Å². The third-order valence-electron chi connectivity index (χ3n) is 2.40. The molecule has 0 amide bonds. The molecule has 3 aromatic rings. The van der Waals surface area contributed by atoms with Gasteiger partial charge in [-0.2, -0.15) is 0 Å². The Balaban J connectivity index is 2.06. The van der Waals surface area contributed by atoms with Crippen molar-refractivity contribution < 1.29 is 0 Å². The number of aryl methyl sites for hydroxylation is 1. The largest absolute Gasteiger partial charge is 0.368 e. The second-order valence-electron chi connectivity index (χ2n) is 3.88. The third kappa shape index (κ3) is 2.72. The maximum absolute atomic E-state index is 5.75. The van der Waals surface area contributed by atoms with E-state index < -0.39 is 0 Å². The Labute approximate surface area is 126 Å². The first kappa shape index (κ1) is 12.8. The molecule has 96 valence electrons. The highest BCUT2D eigenvalue weighted by Gasteiger charge is 2.11. The molecular formula is C12H9BrN4S2. The van der Waals surface area contributed by atoms with E-state index >= 15 is 0 Å². The van der Waals surface area contributed by atoms with Gasteiger partial charge in [0.05, 0.1) is 0 Å². The number of nitrogen functional groups attached to an aromatic ring is 1. The van der Waals surface area contributed by atoms with Gasteiger partial charge in [0.1, 0.15) is 14.9 Å². The quantitative estimate of drug-likeness (QED) is 0.708. The van der Waals surface area contributed by atoms with Gasteiger partial charge >= 0.3 is 0 Å². The minimum absolute atomic E-state index is 0.300. The van der Waals surface area contributed by atoms with Crippen LogP contribution in [0.15, 0.2) is 38.9 Å². The number of anilines is 1. The Morgan fingerprint density at radius 1 is 1.32 bits per heavy atom. The Bertz CT molecular complexity index is 739. The number of aromatic nitrogens is 3. The topological polar surface area (TPSA) is 64.7 Å². The lowest BCUT2D eigenvalue weighted by atomic mass is 10.4. The van der Waals surface area contributed by atoms with Gasteiger partial charge < -0.3 is 5.73 Å². The number of hydrogen-bond acceptors (Lipinski definition) is 6. The summed E-state index contributed by atoms with van der Waals surface area (Å²) in [5.74, 6) is 0.300. The van der Waals surface area contributed by atoms with Crippen molar-refractivity contribution in [3.63, 3.8) is 0 Å². The minimum atomic E-state index is 0.300. The zero-order valence-electron chi connectivity index (χ0n) is 9.92. The normalized spacial score (nSPS) is 11.1. The second-order valence-corrected chi connectivity index (χ2v) is 7.04. The summed E-state index contributed by atoms with van der Waals surface area (Å²) in [4.78, 5) is 15.0. The van der Waals surface area contributed by atoms with Crippen LogP contribution in [0.4, 0.5) is 5.95 Å². The summed E-state index contributed by atoms with van der Waals surface area (Å²) < 4.78 is 0.954. The summed E-state index contributed by atoms with van der Waals surface area (Å²) in [6.45, 7) is 2.05. The monoisotopic (exact) mass is 352 g/mol. The molecular weight excluding hydrogens is 344 g/mol. The zero-order chi connectivity index (χ0) is 13.4. The lowest BCUT2D eigenvalue weighted by molar-refractivity contribution is 1.09. The van der Waals surface area contributed by atoms with Crippen LogP contribution in [-0.2, 0) is 0 Å². The number of nitrogens with two attached hydrogens (primary N) is 1. The van der Waals surface area contributed by atoms with Gasteiger partial charge in [-0.15, -0.1) is 11.3 Å². The van der Waals surface area contributed by atoms with Crippen LogP contribution in [0.5, 0.6) is 0 Å². The van der Waals surface area contributed by atoms with E-state index in [-0.39, 0.29) is 0 Å². The molecule has 19 heavy (non-hydrogen) atoms. The maximum atomic E-state index is 5.75. The molecule has 0 saturated carbocycles. The van der Waals surface area contributed by atoms with E-state index in [9.17, 15) is 0 Å². The molecule has 0 radical (unpaired) electrons. The average molecular weight is 353 g/mol. The van der Waals surface area contributed by atoms with Crippen LogP contribution in [0.3, 0.4) is 0 Å². The van der Waals surface area contributed by atoms with Gasteiger partial charge in [0.15, 0.2) is 0 Å². The second kappa shape index (κ2) is 5.07. The number of fused-ring (bicyclic) bond motifs is 1. The first-order valence-corrected chi connectivity index (χ1v) is 7.87. The van der Waals surface area contributed by atoms with E-state index in [1.807, 2.05) is 12.1 Å². The molecule has 0 saturated heterocycles. The number of nitrogens with zero attached hydrogens (tertiary/aromatic N) is 3. The molecule has 0 spiro atoms. The third-order valence-corrected chi connectivity index (χ3v) is 4.77. The van der Waals surface area contributed by atoms with Crippen molar-refractivity contribution in [1.82, 2.24) is 15.0 Å². The van der Waals surface area contributed by atoms with Gasteiger partial charge in [-0.05, 0) is 52.8 Å². The Hall–Kier alpha value is -1.18. The van der Waals surface area contributed by atoms with E-state index in [0.717, 1.165) is 24.7 Å². The summed E-state index contributed by atoms with van der Waals surface area (Å²) in [5, 5.41) is 2.76. The molecule has 3 heterocycles. The predicted molar refractivity (Wildman–Crippen MR) is 82.6 cm³/mol. The number of halogens is 1. The lowest BCUT2D eigenvalue weighted by Gasteiger charge is -2.02. The van der Waals surface area contributed by atoms with E-state index in [2.05, 4.69) is 43.9 Å². The highest BCUT2D eigenvalue weighted by molar-refractivity contribution is 9.10. The molecule has 0 bridgehead atoms. The van der Waals surface area contributed by atoms with Gasteiger partial charge in [-0.25, -0.2) is 15.0 Å². The van der Waals surface area contributed by atoms with E-state index in [1.54, 1.807) is 17.5 Å². The van der Waals surface area contributed by atoms with Crippen LogP contribution in [-0.4, -0.2) is 15.0 Å². The number of pyridine rings is 1. The molecule has 0 fully saturated rings. The Morgan fingerprint density at radius 3 is 2.89 bits per heavy atom. The number of hydrogen-bond donors (Lipinski definition) is 1. The fourth-order valence-corrected chi connectivity index (χ4v) is 3.66. The Kier molecular flexibility index (Phi) is 3.42. The molecule has 0 unspecified atom stereocenters. The minimum Gasteiger partial charge on any atom is -0.368 e. The number of rotatable bonds is 2. The first-order chi connectivity index (χ1) is 9.11. The Morgan fingerprint density at radius 2 is 2.16 bits per heavy atom. The summed E-state index contributed by atoms with van der Waals surface area (Å²) >= 11 is 6.49. The van der Waals surface area contributed by atoms with Crippen LogP contribution >= 0.6 is 39.0 Å². The van der Waals surface area contributed by atoms with Crippen molar-refractivity contribution in [1.29, 1.82) is 0 Å². The molecule has 3 aromatic heterocycles. The predicted octanol–water partition coefficient (Wildman–Crippen LogP) is 3.89. The molecule has 0 aliphatic carbocycles. The molecule has 4 nitrogen and oxygen atoms in total. The molecule has 3 rings (SSSR count). The smallest absolute Gasteiger partial charge is 0.222 e. The number of thiophene rings is 1. The SMILES string of the molecule is Cc1cc2c(Sc3ccc(Br)cn3)nc(N)nc2s1. The molecule has 7 heteroatoms. The van der Waals surface area contributed by atoms with Gasteiger partial charge in [-0.3, -0.25) is 0 Å². The molecule has 0 aromatic carbocycles. The van der Waals surface area contributed by atoms with E-state index in [4.69, 9.17) is 5.73 Å². The van der Waals surface area contributed by atoms with Crippen molar-refractivity contribution in [3.05, 3.63) is 33.7 Å². The summed E-state index contributed by atoms with van der Waals surface area (Å²) in [6.07, 6.45) is 1.77. The first-order valence-electron chi connectivity index (χ1n) is 5.45. The molecule has 2 N–H and O–H groups in total. The van der Waals surface area contributed by atoms with Crippen LogP contribution in [0.2, 0.25) is 0 Å². The van der Waals surface area contributed by atoms with Crippen molar-refractivity contribution in [2.45, 2.75) is 17.0 Å². The van der Waals surface area contributed by atoms with Crippen molar-refractivity contribution in [2.75, 3.05) is 5.73 Å². The highest BCUT2D eigenvalue weighted by Crippen LogP contribution is 2.34. The van der Waals surface area contributed by atoms with Gasteiger partial charge in [0, 0.05) is 20.9 Å². The molecule has 0 atom stereocenters. The lowest BCUT2D eigenvalue weighted by Crippen LogP contribution is -1.95. The van der Waals surface area contributed by atoms with Gasteiger partial charge in [0.25, 0.3) is 0 Å². The van der Waals surface area contributed by atoms with Gasteiger partial charge in [-0.1, -0.05) is 0 Å². The van der Waals surface area contributed by atoms with Crippen LogP contribution in [0.25, 0.3) is 10.2 Å². The average Bonchev–Trinajstić information content (AvgIpc) is 2.72. The van der Waals surface area contributed by atoms with E-state index in [0.29, 0.717) is 5.95 Å². The van der Waals surface area contributed by atoms with Crippen molar-refractivity contribution in [2.24, 2.45) is 0 Å². The van der Waals surface area contributed by atoms with Crippen molar-refractivity contribution in [3.8, 4) is 0 Å². The van der Waals surface area contributed by atoms with Crippen LogP contribution in [0, 0.1) is 6.92 Å². The fourth-order valence-electron chi connectivity index (χ4n) is 1.63. The fraction of sp³-hybridized carbons (Fsp3) is 0.0833. The summed E-state index contributed by atoms with van der Waals surface area (Å²) in [7, 11) is 0. The highest BCUT2D eigenvalue weighted by atomic mass is 79.9. The van der Waals surface area contributed by atoms with Crippen LogP contribution < -0.4 is 5.73 Å².